The average Bonchev–Trinajstić information content (AvgIpc) is 2.57. The van der Waals surface area contributed by atoms with Gasteiger partial charge in [-0.1, -0.05) is 17.7 Å². The first-order valence-corrected chi connectivity index (χ1v) is 5.97. The molecule has 0 aliphatic carbocycles. The first-order chi connectivity index (χ1) is 8.59. The minimum absolute atomic E-state index is 0.0585. The van der Waals surface area contributed by atoms with E-state index in [9.17, 15) is 14.0 Å². The van der Waals surface area contributed by atoms with E-state index in [-0.39, 0.29) is 29.5 Å². The maximum absolute atomic E-state index is 13.7. The van der Waals surface area contributed by atoms with Crippen LogP contribution in [0.2, 0.25) is 5.02 Å². The maximum Gasteiger partial charge on any atom is 0.256 e. The lowest BCUT2D eigenvalue weighted by molar-refractivity contribution is -0.120. The summed E-state index contributed by atoms with van der Waals surface area (Å²) < 4.78 is 13.7. The van der Waals surface area contributed by atoms with Gasteiger partial charge in [-0.25, -0.2) is 4.39 Å². The summed E-state index contributed by atoms with van der Waals surface area (Å²) in [5, 5.41) is 2.58. The molecule has 2 amide bonds. The molecule has 0 spiro atoms. The Kier molecular flexibility index (Phi) is 3.81. The van der Waals surface area contributed by atoms with E-state index in [4.69, 9.17) is 11.6 Å². The number of rotatable bonds is 1. The Balaban J connectivity index is 2.20. The van der Waals surface area contributed by atoms with Crippen molar-refractivity contribution in [2.75, 3.05) is 19.6 Å². The standard InChI is InChI=1S/C12H12ClFN2O2/c13-9-3-1-2-8(11(9)14)12(18)16-6-4-10(17)15-5-7-16/h1-3H,4-7H2,(H,15,17). The van der Waals surface area contributed by atoms with Crippen LogP contribution >= 0.6 is 11.6 Å². The highest BCUT2D eigenvalue weighted by molar-refractivity contribution is 6.31. The molecule has 96 valence electrons. The molecule has 0 radical (unpaired) electrons. The number of benzene rings is 1. The number of amides is 2. The molecule has 1 aliphatic heterocycles. The van der Waals surface area contributed by atoms with Gasteiger partial charge in [0.15, 0.2) is 5.82 Å². The number of carbonyl (C=O) groups is 2. The number of halogens is 2. The van der Waals surface area contributed by atoms with E-state index in [2.05, 4.69) is 5.32 Å². The third kappa shape index (κ3) is 2.61. The van der Waals surface area contributed by atoms with Crippen LogP contribution in [-0.4, -0.2) is 36.3 Å². The van der Waals surface area contributed by atoms with Gasteiger partial charge in [-0.3, -0.25) is 9.59 Å². The molecule has 4 nitrogen and oxygen atoms in total. The number of nitrogens with zero attached hydrogens (tertiary/aromatic N) is 1. The second-order valence-corrected chi connectivity index (χ2v) is 4.40. The predicted molar refractivity (Wildman–Crippen MR) is 64.9 cm³/mol. The van der Waals surface area contributed by atoms with E-state index in [1.807, 2.05) is 0 Å². The Morgan fingerprint density at radius 1 is 1.39 bits per heavy atom. The monoisotopic (exact) mass is 270 g/mol. The number of hydrogen-bond donors (Lipinski definition) is 1. The van der Waals surface area contributed by atoms with Gasteiger partial charge in [-0.05, 0) is 12.1 Å². The molecule has 2 rings (SSSR count). The SMILES string of the molecule is O=C1CCN(C(=O)c2cccc(Cl)c2F)CCN1. The van der Waals surface area contributed by atoms with Crippen molar-refractivity contribution in [3.63, 3.8) is 0 Å². The molecule has 1 heterocycles. The second-order valence-electron chi connectivity index (χ2n) is 3.99. The van der Waals surface area contributed by atoms with E-state index in [1.54, 1.807) is 0 Å². The van der Waals surface area contributed by atoms with Crippen molar-refractivity contribution < 1.29 is 14.0 Å². The molecule has 18 heavy (non-hydrogen) atoms. The van der Waals surface area contributed by atoms with Crippen LogP contribution in [0.5, 0.6) is 0 Å². The van der Waals surface area contributed by atoms with E-state index >= 15 is 0 Å². The molecule has 1 saturated heterocycles. The molecular weight excluding hydrogens is 259 g/mol. The Labute approximate surface area is 109 Å². The molecule has 1 aliphatic rings. The fourth-order valence-electron chi connectivity index (χ4n) is 1.81. The average molecular weight is 271 g/mol. The van der Waals surface area contributed by atoms with Crippen LogP contribution < -0.4 is 5.32 Å². The third-order valence-electron chi connectivity index (χ3n) is 2.78. The summed E-state index contributed by atoms with van der Waals surface area (Å²) in [6.07, 6.45) is 0.230. The summed E-state index contributed by atoms with van der Waals surface area (Å²) in [6.45, 7) is 1.04. The van der Waals surface area contributed by atoms with Crippen LogP contribution in [0.1, 0.15) is 16.8 Å². The van der Waals surface area contributed by atoms with Gasteiger partial charge in [0.05, 0.1) is 10.6 Å². The van der Waals surface area contributed by atoms with Crippen molar-refractivity contribution >= 4 is 23.4 Å². The van der Waals surface area contributed by atoms with Crippen molar-refractivity contribution in [2.24, 2.45) is 0 Å². The van der Waals surface area contributed by atoms with Gasteiger partial charge in [0.1, 0.15) is 0 Å². The Morgan fingerprint density at radius 2 is 2.17 bits per heavy atom. The first-order valence-electron chi connectivity index (χ1n) is 5.59. The highest BCUT2D eigenvalue weighted by Gasteiger charge is 2.22. The normalized spacial score (nSPS) is 16.1. The highest BCUT2D eigenvalue weighted by atomic mass is 35.5. The van der Waals surface area contributed by atoms with Gasteiger partial charge in [-0.15, -0.1) is 0 Å². The zero-order valence-corrected chi connectivity index (χ0v) is 10.3. The molecule has 1 aromatic rings. The zero-order chi connectivity index (χ0) is 13.1. The summed E-state index contributed by atoms with van der Waals surface area (Å²) in [5.74, 6) is -1.25. The molecule has 1 N–H and O–H groups in total. The molecule has 0 saturated carbocycles. The largest absolute Gasteiger partial charge is 0.354 e. The molecule has 0 aromatic heterocycles. The summed E-state index contributed by atoms with van der Waals surface area (Å²) in [7, 11) is 0. The molecular formula is C12H12ClFN2O2. The fourth-order valence-corrected chi connectivity index (χ4v) is 1.98. The van der Waals surface area contributed by atoms with E-state index in [1.165, 1.54) is 23.1 Å². The first kappa shape index (κ1) is 12.8. The van der Waals surface area contributed by atoms with Crippen LogP contribution in [0, 0.1) is 5.82 Å². The van der Waals surface area contributed by atoms with Gasteiger partial charge in [0.25, 0.3) is 5.91 Å². The van der Waals surface area contributed by atoms with Gasteiger partial charge < -0.3 is 10.2 Å². The second kappa shape index (κ2) is 5.35. The molecule has 0 unspecified atom stereocenters. The minimum atomic E-state index is -0.715. The molecule has 0 atom stereocenters. The lowest BCUT2D eigenvalue weighted by atomic mass is 10.2. The van der Waals surface area contributed by atoms with E-state index in [0.29, 0.717) is 13.1 Å². The van der Waals surface area contributed by atoms with Crippen molar-refractivity contribution in [1.29, 1.82) is 0 Å². The maximum atomic E-state index is 13.7. The minimum Gasteiger partial charge on any atom is -0.354 e. The third-order valence-corrected chi connectivity index (χ3v) is 3.07. The molecule has 6 heteroatoms. The van der Waals surface area contributed by atoms with Crippen LogP contribution in [-0.2, 0) is 4.79 Å². The lowest BCUT2D eigenvalue weighted by Crippen LogP contribution is -2.34. The number of nitrogens with one attached hydrogen (secondary N) is 1. The van der Waals surface area contributed by atoms with Crippen molar-refractivity contribution in [3.8, 4) is 0 Å². The smallest absolute Gasteiger partial charge is 0.256 e. The van der Waals surface area contributed by atoms with Crippen LogP contribution in [0.4, 0.5) is 4.39 Å². The Hall–Kier alpha value is -1.62. The fraction of sp³-hybridized carbons (Fsp3) is 0.333. The molecule has 1 aromatic carbocycles. The topological polar surface area (TPSA) is 49.4 Å². The van der Waals surface area contributed by atoms with Gasteiger partial charge in [-0.2, -0.15) is 0 Å². The van der Waals surface area contributed by atoms with E-state index < -0.39 is 11.7 Å². The van der Waals surface area contributed by atoms with Gasteiger partial charge in [0.2, 0.25) is 5.91 Å². The Bertz CT molecular complexity index is 493. The van der Waals surface area contributed by atoms with Gasteiger partial charge in [0, 0.05) is 26.1 Å². The van der Waals surface area contributed by atoms with Gasteiger partial charge >= 0.3 is 0 Å². The number of hydrogen-bond acceptors (Lipinski definition) is 2. The quantitative estimate of drug-likeness (QED) is 0.840. The zero-order valence-electron chi connectivity index (χ0n) is 9.58. The number of carbonyl (C=O) groups excluding carboxylic acids is 2. The summed E-state index contributed by atoms with van der Waals surface area (Å²) in [5.41, 5.74) is -0.0585. The highest BCUT2D eigenvalue weighted by Crippen LogP contribution is 2.19. The predicted octanol–water partition coefficient (Wildman–Crippen LogP) is 1.44. The van der Waals surface area contributed by atoms with Crippen molar-refractivity contribution in [3.05, 3.63) is 34.6 Å². The summed E-state index contributed by atoms with van der Waals surface area (Å²) in [6, 6.07) is 4.31. The molecule has 1 fully saturated rings. The molecule has 0 bridgehead atoms. The van der Waals surface area contributed by atoms with Crippen molar-refractivity contribution in [1.82, 2.24) is 10.2 Å². The summed E-state index contributed by atoms with van der Waals surface area (Å²) in [4.78, 5) is 24.7. The summed E-state index contributed by atoms with van der Waals surface area (Å²) >= 11 is 5.64. The van der Waals surface area contributed by atoms with E-state index in [0.717, 1.165) is 0 Å². The Morgan fingerprint density at radius 3 is 2.94 bits per heavy atom. The lowest BCUT2D eigenvalue weighted by Gasteiger charge is -2.19. The van der Waals surface area contributed by atoms with Crippen LogP contribution in [0.15, 0.2) is 18.2 Å². The van der Waals surface area contributed by atoms with Crippen molar-refractivity contribution in [2.45, 2.75) is 6.42 Å². The van der Waals surface area contributed by atoms with Crippen LogP contribution in [0.25, 0.3) is 0 Å². The van der Waals surface area contributed by atoms with Crippen LogP contribution in [0.3, 0.4) is 0 Å².